The predicted octanol–water partition coefficient (Wildman–Crippen LogP) is 3.19. The van der Waals surface area contributed by atoms with Crippen LogP contribution in [0, 0.1) is 0 Å². The van der Waals surface area contributed by atoms with Crippen LogP contribution in [0.5, 0.6) is 0 Å². The lowest BCUT2D eigenvalue weighted by molar-refractivity contribution is 0.241. The zero-order valence-corrected chi connectivity index (χ0v) is 16.4. The lowest BCUT2D eigenvalue weighted by Gasteiger charge is -2.35. The third-order valence-electron chi connectivity index (χ3n) is 6.28. The molecule has 1 aromatic carbocycles. The predicted molar refractivity (Wildman–Crippen MR) is 112 cm³/mol. The van der Waals surface area contributed by atoms with Gasteiger partial charge in [0.15, 0.2) is 0 Å². The number of rotatable bonds is 3. The minimum absolute atomic E-state index is 0.0458. The maximum Gasteiger partial charge on any atom is 0.255 e. The number of hydrogen-bond donors (Lipinski definition) is 2. The Balaban J connectivity index is 1.40. The summed E-state index contributed by atoms with van der Waals surface area (Å²) in [6.07, 6.45) is 6.44. The van der Waals surface area contributed by atoms with E-state index in [9.17, 15) is 4.79 Å². The molecular formula is C22H27N5O. The first kappa shape index (κ1) is 17.5. The Hall–Kier alpha value is -2.60. The van der Waals surface area contributed by atoms with E-state index in [1.807, 2.05) is 0 Å². The number of fused-ring (bicyclic) bond motifs is 2. The average Bonchev–Trinajstić information content (AvgIpc) is 3.11. The molecule has 0 aliphatic carbocycles. The van der Waals surface area contributed by atoms with Crippen LogP contribution in [-0.2, 0) is 19.5 Å². The summed E-state index contributed by atoms with van der Waals surface area (Å²) in [5.41, 5.74) is 4.33. The molecule has 3 aromatic rings. The topological polar surface area (TPSA) is 68.0 Å². The molecule has 0 bridgehead atoms. The molecule has 4 heterocycles. The maximum atomic E-state index is 12.7. The molecule has 6 nitrogen and oxygen atoms in total. The van der Waals surface area contributed by atoms with Crippen LogP contribution in [0.4, 0.5) is 5.95 Å². The van der Waals surface area contributed by atoms with Crippen molar-refractivity contribution in [1.29, 1.82) is 0 Å². The van der Waals surface area contributed by atoms with Crippen molar-refractivity contribution < 1.29 is 0 Å². The van der Waals surface area contributed by atoms with Crippen LogP contribution in [0.1, 0.15) is 43.0 Å². The van der Waals surface area contributed by atoms with E-state index in [1.165, 1.54) is 22.9 Å². The summed E-state index contributed by atoms with van der Waals surface area (Å²) < 4.78 is 0. The summed E-state index contributed by atoms with van der Waals surface area (Å²) in [5.74, 6) is 0.755. The molecule has 2 N–H and O–H groups in total. The molecule has 6 heteroatoms. The molecule has 2 aromatic heterocycles. The van der Waals surface area contributed by atoms with Gasteiger partial charge in [-0.05, 0) is 44.2 Å². The molecule has 28 heavy (non-hydrogen) atoms. The van der Waals surface area contributed by atoms with Gasteiger partial charge in [0, 0.05) is 54.9 Å². The fourth-order valence-electron chi connectivity index (χ4n) is 4.67. The van der Waals surface area contributed by atoms with Crippen molar-refractivity contribution >= 4 is 16.9 Å². The van der Waals surface area contributed by atoms with Gasteiger partial charge in [-0.2, -0.15) is 0 Å². The number of aromatic nitrogens is 3. The van der Waals surface area contributed by atoms with Gasteiger partial charge in [-0.25, -0.2) is 4.98 Å². The van der Waals surface area contributed by atoms with Crippen LogP contribution < -0.4 is 10.5 Å². The van der Waals surface area contributed by atoms with Crippen molar-refractivity contribution in [3.05, 3.63) is 57.6 Å². The Labute approximate surface area is 164 Å². The zero-order chi connectivity index (χ0) is 19.1. The molecule has 5 rings (SSSR count). The van der Waals surface area contributed by atoms with Crippen molar-refractivity contribution in [2.75, 3.05) is 18.0 Å². The maximum absolute atomic E-state index is 12.7. The molecule has 0 saturated carbocycles. The van der Waals surface area contributed by atoms with Crippen molar-refractivity contribution in [2.45, 2.75) is 51.7 Å². The molecular weight excluding hydrogens is 350 g/mol. The molecule has 0 radical (unpaired) electrons. The third-order valence-corrected chi connectivity index (χ3v) is 6.28. The highest BCUT2D eigenvalue weighted by Gasteiger charge is 2.25. The zero-order valence-electron chi connectivity index (χ0n) is 16.4. The van der Waals surface area contributed by atoms with Crippen LogP contribution in [0.15, 0.2) is 35.3 Å². The van der Waals surface area contributed by atoms with Gasteiger partial charge < -0.3 is 9.88 Å². The lowest BCUT2D eigenvalue weighted by atomic mass is 10.0. The second-order valence-corrected chi connectivity index (χ2v) is 8.17. The Bertz CT molecular complexity index is 1050. The number of piperidine rings is 1. The first-order valence-electron chi connectivity index (χ1n) is 10.3. The van der Waals surface area contributed by atoms with E-state index in [1.54, 1.807) is 0 Å². The Morgan fingerprint density at radius 2 is 2.11 bits per heavy atom. The van der Waals surface area contributed by atoms with Crippen LogP contribution in [0.25, 0.3) is 10.9 Å². The molecule has 1 saturated heterocycles. The summed E-state index contributed by atoms with van der Waals surface area (Å²) in [6, 6.07) is 8.84. The number of para-hydroxylation sites is 1. The number of aromatic amines is 2. The van der Waals surface area contributed by atoms with Gasteiger partial charge in [-0.15, -0.1) is 0 Å². The quantitative estimate of drug-likeness (QED) is 0.736. The highest BCUT2D eigenvalue weighted by Crippen LogP contribution is 2.25. The fourth-order valence-corrected chi connectivity index (χ4v) is 4.67. The molecule has 1 unspecified atom stereocenters. The van der Waals surface area contributed by atoms with Crippen molar-refractivity contribution in [2.24, 2.45) is 0 Å². The Morgan fingerprint density at radius 3 is 3.00 bits per heavy atom. The van der Waals surface area contributed by atoms with Crippen molar-refractivity contribution in [3.63, 3.8) is 0 Å². The van der Waals surface area contributed by atoms with Gasteiger partial charge >= 0.3 is 0 Å². The van der Waals surface area contributed by atoms with E-state index in [-0.39, 0.29) is 5.56 Å². The third kappa shape index (κ3) is 3.11. The van der Waals surface area contributed by atoms with Crippen LogP contribution in [0.2, 0.25) is 0 Å². The average molecular weight is 377 g/mol. The second-order valence-electron chi connectivity index (χ2n) is 8.17. The van der Waals surface area contributed by atoms with Gasteiger partial charge in [-0.3, -0.25) is 14.7 Å². The first-order chi connectivity index (χ1) is 13.7. The van der Waals surface area contributed by atoms with Gasteiger partial charge in [0.25, 0.3) is 5.56 Å². The van der Waals surface area contributed by atoms with Crippen LogP contribution >= 0.6 is 0 Å². The van der Waals surface area contributed by atoms with Crippen molar-refractivity contribution in [3.8, 4) is 0 Å². The van der Waals surface area contributed by atoms with E-state index in [0.717, 1.165) is 62.6 Å². The summed E-state index contributed by atoms with van der Waals surface area (Å²) in [7, 11) is 0. The lowest BCUT2D eigenvalue weighted by Crippen LogP contribution is -2.41. The van der Waals surface area contributed by atoms with E-state index in [0.29, 0.717) is 6.04 Å². The van der Waals surface area contributed by atoms with Gasteiger partial charge in [0.05, 0.1) is 5.69 Å². The summed E-state index contributed by atoms with van der Waals surface area (Å²) >= 11 is 0. The summed E-state index contributed by atoms with van der Waals surface area (Å²) in [5, 5.41) is 1.27. The molecule has 2 aliphatic rings. The van der Waals surface area contributed by atoms with Crippen LogP contribution in [-0.4, -0.2) is 39.0 Å². The van der Waals surface area contributed by atoms with Crippen LogP contribution in [0.3, 0.4) is 0 Å². The van der Waals surface area contributed by atoms with Gasteiger partial charge in [0.1, 0.15) is 0 Å². The van der Waals surface area contributed by atoms with Crippen molar-refractivity contribution in [1.82, 2.24) is 19.9 Å². The number of hydrogen-bond acceptors (Lipinski definition) is 4. The molecule has 1 atom stereocenters. The molecule has 146 valence electrons. The van der Waals surface area contributed by atoms with Gasteiger partial charge in [-0.1, -0.05) is 18.2 Å². The van der Waals surface area contributed by atoms with E-state index >= 15 is 0 Å². The largest absolute Gasteiger partial charge is 0.361 e. The summed E-state index contributed by atoms with van der Waals surface area (Å²) in [4.78, 5) is 28.7. The first-order valence-corrected chi connectivity index (χ1v) is 10.3. The highest BCUT2D eigenvalue weighted by atomic mass is 16.1. The second kappa shape index (κ2) is 7.09. The minimum atomic E-state index is 0.0458. The summed E-state index contributed by atoms with van der Waals surface area (Å²) in [6.45, 7) is 5.68. The molecule has 1 fully saturated rings. The standard InChI is InChI=1S/C22H27N5O/c1-15-6-4-5-10-27(15)22-24-20-14-26(11-9-18(20)21(28)25-22)13-16-12-23-19-8-3-2-7-17(16)19/h2-3,7-8,12,15,23H,4-6,9-11,13-14H2,1H3,(H,24,25,28). The monoisotopic (exact) mass is 377 g/mol. The van der Waals surface area contributed by atoms with E-state index in [2.05, 4.69) is 57.2 Å². The Kier molecular flexibility index (Phi) is 4.43. The number of nitrogens with zero attached hydrogens (tertiary/aromatic N) is 3. The Morgan fingerprint density at radius 1 is 1.21 bits per heavy atom. The van der Waals surface area contributed by atoms with E-state index in [4.69, 9.17) is 4.98 Å². The minimum Gasteiger partial charge on any atom is -0.361 e. The van der Waals surface area contributed by atoms with Gasteiger partial charge in [0.2, 0.25) is 5.95 Å². The SMILES string of the molecule is CC1CCCCN1c1nc2c(c(=O)[nH]1)CCN(Cc1c[nH]c3ccccc13)C2. The number of anilines is 1. The smallest absolute Gasteiger partial charge is 0.255 e. The highest BCUT2D eigenvalue weighted by molar-refractivity contribution is 5.82. The normalized spacial score (nSPS) is 20.5. The number of benzene rings is 1. The number of nitrogens with one attached hydrogen (secondary N) is 2. The molecule has 0 amide bonds. The molecule has 0 spiro atoms. The fraction of sp³-hybridized carbons (Fsp3) is 0.455. The van der Waals surface area contributed by atoms with E-state index < -0.39 is 0 Å². The number of H-pyrrole nitrogens is 2. The molecule has 2 aliphatic heterocycles.